The van der Waals surface area contributed by atoms with Gasteiger partial charge in [0.2, 0.25) is 0 Å². The Morgan fingerprint density at radius 2 is 1.85 bits per heavy atom. The van der Waals surface area contributed by atoms with E-state index in [9.17, 15) is 13.6 Å². The third kappa shape index (κ3) is 3.67. The second-order valence-electron chi connectivity index (χ2n) is 5.96. The predicted molar refractivity (Wildman–Crippen MR) is 96.8 cm³/mol. The summed E-state index contributed by atoms with van der Waals surface area (Å²) < 4.78 is 28.3. The fourth-order valence-electron chi connectivity index (χ4n) is 2.58. The number of thioether (sulfide) groups is 1. The van der Waals surface area contributed by atoms with Gasteiger partial charge in [-0.1, -0.05) is 23.9 Å². The molecule has 1 heterocycles. The van der Waals surface area contributed by atoms with Crippen LogP contribution in [0.15, 0.2) is 47.6 Å². The van der Waals surface area contributed by atoms with Crippen molar-refractivity contribution in [1.82, 2.24) is 14.8 Å². The van der Waals surface area contributed by atoms with Crippen molar-refractivity contribution < 1.29 is 13.6 Å². The van der Waals surface area contributed by atoms with E-state index in [0.29, 0.717) is 11.0 Å². The van der Waals surface area contributed by atoms with Gasteiger partial charge in [-0.15, -0.1) is 10.2 Å². The van der Waals surface area contributed by atoms with E-state index in [0.717, 1.165) is 23.4 Å². The van der Waals surface area contributed by atoms with Gasteiger partial charge < -0.3 is 0 Å². The molecule has 2 aromatic carbocycles. The van der Waals surface area contributed by atoms with Crippen molar-refractivity contribution in [3.8, 4) is 5.69 Å². The molecule has 0 amide bonds. The molecule has 0 aliphatic carbocycles. The zero-order chi connectivity index (χ0) is 18.8. The van der Waals surface area contributed by atoms with Gasteiger partial charge in [-0.25, -0.2) is 8.78 Å². The summed E-state index contributed by atoms with van der Waals surface area (Å²) in [6.07, 6.45) is 0. The maximum atomic E-state index is 13.4. The summed E-state index contributed by atoms with van der Waals surface area (Å²) >= 11 is 1.23. The van der Waals surface area contributed by atoms with E-state index in [-0.39, 0.29) is 11.3 Å². The molecule has 0 N–H and O–H groups in total. The highest BCUT2D eigenvalue weighted by Gasteiger charge is 2.22. The number of carbonyl (C=O) groups is 1. The smallest absolute Gasteiger partial charge is 0.196 e. The number of Topliss-reactive ketones (excluding diaryl/α,β-unsaturated/α-hetero) is 1. The maximum absolute atomic E-state index is 13.4. The van der Waals surface area contributed by atoms with Crippen LogP contribution in [-0.4, -0.2) is 25.8 Å². The Morgan fingerprint density at radius 1 is 1.08 bits per heavy atom. The summed E-state index contributed by atoms with van der Waals surface area (Å²) in [5.74, 6) is -1.61. The van der Waals surface area contributed by atoms with Crippen molar-refractivity contribution in [3.63, 3.8) is 0 Å². The van der Waals surface area contributed by atoms with Crippen molar-refractivity contribution >= 4 is 17.5 Å². The molecule has 1 aromatic heterocycles. The Kier molecular flexibility index (Phi) is 5.18. The van der Waals surface area contributed by atoms with E-state index in [2.05, 4.69) is 10.2 Å². The summed E-state index contributed by atoms with van der Waals surface area (Å²) in [6, 6.07) is 11.0. The number of hydrogen-bond acceptors (Lipinski definition) is 4. The van der Waals surface area contributed by atoms with Crippen LogP contribution in [0.25, 0.3) is 5.69 Å². The number of rotatable bonds is 5. The molecule has 3 aromatic rings. The molecule has 0 bridgehead atoms. The number of aromatic nitrogens is 3. The summed E-state index contributed by atoms with van der Waals surface area (Å²) in [7, 11) is 0. The summed E-state index contributed by atoms with van der Waals surface area (Å²) in [6.45, 7) is 5.53. The molecule has 0 spiro atoms. The van der Waals surface area contributed by atoms with E-state index in [1.54, 1.807) is 6.92 Å². The van der Waals surface area contributed by atoms with Crippen LogP contribution in [0, 0.1) is 25.5 Å². The molecule has 0 saturated carbocycles. The number of halogens is 2. The van der Waals surface area contributed by atoms with E-state index in [1.165, 1.54) is 17.8 Å². The van der Waals surface area contributed by atoms with Crippen molar-refractivity contribution in [2.24, 2.45) is 0 Å². The summed E-state index contributed by atoms with van der Waals surface area (Å²) in [5.41, 5.74) is 2.13. The predicted octanol–water partition coefficient (Wildman–Crippen LogP) is 4.53. The minimum absolute atomic E-state index is 0.127. The van der Waals surface area contributed by atoms with Crippen LogP contribution in [0.4, 0.5) is 8.78 Å². The van der Waals surface area contributed by atoms with Gasteiger partial charge in [0, 0.05) is 11.3 Å². The van der Waals surface area contributed by atoms with Crippen LogP contribution in [0.5, 0.6) is 0 Å². The van der Waals surface area contributed by atoms with E-state index in [1.807, 2.05) is 42.7 Å². The zero-order valence-electron chi connectivity index (χ0n) is 14.5. The standard InChI is InChI=1S/C19H17F2N3OS/c1-11-5-4-6-15(9-11)24-13(3)22-23-19(24)26-12(2)18(25)14-7-8-16(20)17(21)10-14/h4-10,12H,1-3H3. The number of carbonyl (C=O) groups excluding carboxylic acids is 1. The average Bonchev–Trinajstić information content (AvgIpc) is 2.97. The lowest BCUT2D eigenvalue weighted by Gasteiger charge is -2.13. The molecule has 134 valence electrons. The van der Waals surface area contributed by atoms with Crippen LogP contribution < -0.4 is 0 Å². The SMILES string of the molecule is Cc1cccc(-n2c(C)nnc2SC(C)C(=O)c2ccc(F)c(F)c2)c1. The molecule has 1 unspecified atom stereocenters. The fraction of sp³-hybridized carbons (Fsp3) is 0.211. The first-order valence-electron chi connectivity index (χ1n) is 8.02. The lowest BCUT2D eigenvalue weighted by molar-refractivity contribution is 0.0993. The van der Waals surface area contributed by atoms with Gasteiger partial charge in [0.25, 0.3) is 0 Å². The molecule has 7 heteroatoms. The minimum Gasteiger partial charge on any atom is -0.293 e. The zero-order valence-corrected chi connectivity index (χ0v) is 15.3. The lowest BCUT2D eigenvalue weighted by atomic mass is 10.1. The molecule has 0 aliphatic rings. The molecule has 4 nitrogen and oxygen atoms in total. The van der Waals surface area contributed by atoms with E-state index >= 15 is 0 Å². The molecular weight excluding hydrogens is 356 g/mol. The molecule has 0 saturated heterocycles. The maximum Gasteiger partial charge on any atom is 0.196 e. The third-order valence-corrected chi connectivity index (χ3v) is 4.95. The Balaban J connectivity index is 1.87. The summed E-state index contributed by atoms with van der Waals surface area (Å²) in [4.78, 5) is 12.6. The number of ketones is 1. The van der Waals surface area contributed by atoms with Gasteiger partial charge in [0.15, 0.2) is 22.6 Å². The van der Waals surface area contributed by atoms with Gasteiger partial charge >= 0.3 is 0 Å². The quantitative estimate of drug-likeness (QED) is 0.487. The highest BCUT2D eigenvalue weighted by atomic mass is 32.2. The molecule has 0 aliphatic heterocycles. The van der Waals surface area contributed by atoms with Crippen LogP contribution in [0.3, 0.4) is 0 Å². The normalized spacial score (nSPS) is 12.2. The second kappa shape index (κ2) is 7.37. The Hall–Kier alpha value is -2.54. The van der Waals surface area contributed by atoms with Crippen LogP contribution >= 0.6 is 11.8 Å². The van der Waals surface area contributed by atoms with Crippen LogP contribution in [-0.2, 0) is 0 Å². The van der Waals surface area contributed by atoms with Gasteiger partial charge in [0.05, 0.1) is 5.25 Å². The first kappa shape index (κ1) is 18.3. The summed E-state index contributed by atoms with van der Waals surface area (Å²) in [5, 5.41) is 8.29. The van der Waals surface area contributed by atoms with E-state index in [4.69, 9.17) is 0 Å². The molecular formula is C19H17F2N3OS. The number of nitrogens with zero attached hydrogens (tertiary/aromatic N) is 3. The van der Waals surface area contributed by atoms with Gasteiger partial charge in [0.1, 0.15) is 5.82 Å². The van der Waals surface area contributed by atoms with Gasteiger partial charge in [-0.3, -0.25) is 9.36 Å². The monoisotopic (exact) mass is 373 g/mol. The van der Waals surface area contributed by atoms with Crippen molar-refractivity contribution in [1.29, 1.82) is 0 Å². The van der Waals surface area contributed by atoms with Crippen molar-refractivity contribution in [2.45, 2.75) is 31.2 Å². The van der Waals surface area contributed by atoms with E-state index < -0.39 is 16.9 Å². The molecule has 3 rings (SSSR count). The highest BCUT2D eigenvalue weighted by molar-refractivity contribution is 8.00. The highest BCUT2D eigenvalue weighted by Crippen LogP contribution is 2.28. The van der Waals surface area contributed by atoms with Gasteiger partial charge in [-0.05, 0) is 56.7 Å². The first-order valence-corrected chi connectivity index (χ1v) is 8.90. The molecule has 1 atom stereocenters. The average molecular weight is 373 g/mol. The Morgan fingerprint density at radius 3 is 2.54 bits per heavy atom. The number of hydrogen-bond donors (Lipinski definition) is 0. The van der Waals surface area contributed by atoms with Crippen LogP contribution in [0.1, 0.15) is 28.7 Å². The molecule has 0 radical (unpaired) electrons. The third-order valence-electron chi connectivity index (χ3n) is 3.91. The van der Waals surface area contributed by atoms with Crippen molar-refractivity contribution in [3.05, 3.63) is 71.1 Å². The Bertz CT molecular complexity index is 971. The van der Waals surface area contributed by atoms with Gasteiger partial charge in [-0.2, -0.15) is 0 Å². The number of aryl methyl sites for hydroxylation is 2. The fourth-order valence-corrected chi connectivity index (χ4v) is 3.57. The Labute approximate surface area is 154 Å². The lowest BCUT2D eigenvalue weighted by Crippen LogP contribution is -2.15. The largest absolute Gasteiger partial charge is 0.293 e. The molecule has 0 fully saturated rings. The second-order valence-corrected chi connectivity index (χ2v) is 7.27. The van der Waals surface area contributed by atoms with Crippen LogP contribution in [0.2, 0.25) is 0 Å². The van der Waals surface area contributed by atoms with Crippen molar-refractivity contribution in [2.75, 3.05) is 0 Å². The topological polar surface area (TPSA) is 47.8 Å². The number of benzene rings is 2. The molecule has 26 heavy (non-hydrogen) atoms. The minimum atomic E-state index is -1.04. The first-order chi connectivity index (χ1) is 12.4.